The average Bonchev–Trinajstić information content (AvgIpc) is 2.15. The van der Waals surface area contributed by atoms with E-state index in [1.165, 1.54) is 0 Å². The molecule has 4 nitrogen and oxygen atoms in total. The van der Waals surface area contributed by atoms with Crippen molar-refractivity contribution in [1.82, 2.24) is 9.62 Å². The van der Waals surface area contributed by atoms with Gasteiger partial charge in [0.15, 0.2) is 0 Å². The van der Waals surface area contributed by atoms with Crippen molar-refractivity contribution in [3.8, 4) is 0 Å². The van der Waals surface area contributed by atoms with E-state index in [1.54, 1.807) is 4.31 Å². The smallest absolute Gasteiger partial charge is 0.214 e. The first-order valence-corrected chi connectivity index (χ1v) is 8.01. The molecule has 1 saturated heterocycles. The zero-order chi connectivity index (χ0) is 13.1. The van der Waals surface area contributed by atoms with Gasteiger partial charge < -0.3 is 5.32 Å². The summed E-state index contributed by atoms with van der Waals surface area (Å²) in [6.07, 6.45) is 3.10. The predicted octanol–water partition coefficient (Wildman–Crippen LogP) is 1.44. The maximum Gasteiger partial charge on any atom is 0.214 e. The molecule has 0 radical (unpaired) electrons. The van der Waals surface area contributed by atoms with E-state index < -0.39 is 10.0 Å². The van der Waals surface area contributed by atoms with E-state index in [1.807, 2.05) is 27.8 Å². The van der Waals surface area contributed by atoms with Crippen molar-refractivity contribution in [2.45, 2.75) is 46.1 Å². The van der Waals surface area contributed by atoms with Crippen molar-refractivity contribution in [2.75, 3.05) is 25.9 Å². The Morgan fingerprint density at radius 2 is 1.94 bits per heavy atom. The minimum atomic E-state index is -3.12. The zero-order valence-corrected chi connectivity index (χ0v) is 12.3. The summed E-state index contributed by atoms with van der Waals surface area (Å²) in [6.45, 7) is 7.36. The van der Waals surface area contributed by atoms with Crippen molar-refractivity contribution in [2.24, 2.45) is 5.41 Å². The Morgan fingerprint density at radius 3 is 2.47 bits per heavy atom. The molecule has 0 aromatic carbocycles. The molecule has 1 atom stereocenters. The van der Waals surface area contributed by atoms with Gasteiger partial charge in [-0.05, 0) is 25.3 Å². The van der Waals surface area contributed by atoms with E-state index in [0.29, 0.717) is 6.54 Å². The first-order chi connectivity index (χ1) is 7.76. The molecule has 0 spiro atoms. The highest BCUT2D eigenvalue weighted by atomic mass is 32.2. The van der Waals surface area contributed by atoms with E-state index >= 15 is 0 Å². The Bertz CT molecular complexity index is 331. The summed E-state index contributed by atoms with van der Waals surface area (Å²) >= 11 is 0. The topological polar surface area (TPSA) is 49.4 Å². The lowest BCUT2D eigenvalue weighted by atomic mass is 10.0. The van der Waals surface area contributed by atoms with E-state index in [0.717, 1.165) is 25.8 Å². The molecule has 1 unspecified atom stereocenters. The van der Waals surface area contributed by atoms with Crippen LogP contribution < -0.4 is 5.32 Å². The van der Waals surface area contributed by atoms with E-state index in [-0.39, 0.29) is 17.2 Å². The second-order valence-corrected chi connectivity index (χ2v) is 8.06. The Balaban J connectivity index is 2.80. The van der Waals surface area contributed by atoms with Crippen LogP contribution in [0.5, 0.6) is 0 Å². The fraction of sp³-hybridized carbons (Fsp3) is 1.00. The van der Waals surface area contributed by atoms with Gasteiger partial charge in [0.1, 0.15) is 0 Å². The van der Waals surface area contributed by atoms with Crippen LogP contribution in [0.2, 0.25) is 0 Å². The molecule has 0 aliphatic carbocycles. The first kappa shape index (κ1) is 14.9. The molecular weight excluding hydrogens is 236 g/mol. The van der Waals surface area contributed by atoms with Gasteiger partial charge in [-0.2, -0.15) is 4.31 Å². The summed E-state index contributed by atoms with van der Waals surface area (Å²) < 4.78 is 26.5. The van der Waals surface area contributed by atoms with Gasteiger partial charge in [-0.3, -0.25) is 0 Å². The fourth-order valence-electron chi connectivity index (χ4n) is 2.41. The van der Waals surface area contributed by atoms with Crippen LogP contribution in [0, 0.1) is 5.41 Å². The summed E-state index contributed by atoms with van der Waals surface area (Å²) in [4.78, 5) is 0. The number of hydrogen-bond acceptors (Lipinski definition) is 3. The van der Waals surface area contributed by atoms with Gasteiger partial charge in [-0.15, -0.1) is 0 Å². The molecule has 1 aliphatic heterocycles. The van der Waals surface area contributed by atoms with Crippen LogP contribution in [-0.2, 0) is 10.0 Å². The van der Waals surface area contributed by atoms with Crippen molar-refractivity contribution in [1.29, 1.82) is 0 Å². The third-order valence-corrected chi connectivity index (χ3v) is 5.41. The lowest BCUT2D eigenvalue weighted by molar-refractivity contribution is 0.245. The maximum absolute atomic E-state index is 12.4. The summed E-state index contributed by atoms with van der Waals surface area (Å²) in [6, 6.07) is 0.140. The van der Waals surface area contributed by atoms with Gasteiger partial charge >= 0.3 is 0 Å². The molecule has 0 amide bonds. The molecule has 0 saturated carbocycles. The molecule has 1 heterocycles. The van der Waals surface area contributed by atoms with Crippen LogP contribution in [0.4, 0.5) is 0 Å². The highest BCUT2D eigenvalue weighted by Gasteiger charge is 2.34. The highest BCUT2D eigenvalue weighted by molar-refractivity contribution is 7.89. The van der Waals surface area contributed by atoms with Gasteiger partial charge in [-0.25, -0.2) is 8.42 Å². The molecule has 0 aromatic heterocycles. The van der Waals surface area contributed by atoms with Crippen LogP contribution >= 0.6 is 0 Å². The number of sulfonamides is 1. The molecule has 1 fully saturated rings. The van der Waals surface area contributed by atoms with Crippen LogP contribution in [0.15, 0.2) is 0 Å². The number of nitrogens with one attached hydrogen (secondary N) is 1. The summed E-state index contributed by atoms with van der Waals surface area (Å²) in [5.41, 5.74) is -0.180. The highest BCUT2D eigenvalue weighted by Crippen LogP contribution is 2.25. The van der Waals surface area contributed by atoms with Gasteiger partial charge in [0, 0.05) is 19.1 Å². The summed E-state index contributed by atoms with van der Waals surface area (Å²) in [7, 11) is -1.24. The molecule has 5 heteroatoms. The summed E-state index contributed by atoms with van der Waals surface area (Å²) in [5, 5.41) is 3.10. The molecule has 1 rings (SSSR count). The van der Waals surface area contributed by atoms with Gasteiger partial charge in [-0.1, -0.05) is 27.2 Å². The molecule has 0 bridgehead atoms. The molecular formula is C12H26N2O2S. The van der Waals surface area contributed by atoms with Crippen molar-refractivity contribution >= 4 is 10.0 Å². The Kier molecular flexibility index (Phi) is 4.98. The quantitative estimate of drug-likeness (QED) is 0.834. The zero-order valence-electron chi connectivity index (χ0n) is 11.5. The lowest BCUT2D eigenvalue weighted by Crippen LogP contribution is -2.49. The average molecular weight is 262 g/mol. The third-order valence-electron chi connectivity index (χ3n) is 2.99. The molecule has 1 aliphatic rings. The van der Waals surface area contributed by atoms with Gasteiger partial charge in [0.25, 0.3) is 0 Å². The summed E-state index contributed by atoms with van der Waals surface area (Å²) in [5.74, 6) is 0.236. The van der Waals surface area contributed by atoms with E-state index in [9.17, 15) is 8.42 Å². The standard InChI is InChI=1S/C12H26N2O2S/c1-12(2,3)10-17(15,16)14-8-6-5-7-11(14)9-13-4/h11,13H,5-10H2,1-4H3. The predicted molar refractivity (Wildman–Crippen MR) is 71.5 cm³/mol. The Morgan fingerprint density at radius 1 is 1.29 bits per heavy atom. The first-order valence-electron chi connectivity index (χ1n) is 6.40. The van der Waals surface area contributed by atoms with Crippen LogP contribution in [0.3, 0.4) is 0 Å². The van der Waals surface area contributed by atoms with Crippen LogP contribution in [0.1, 0.15) is 40.0 Å². The fourth-order valence-corrected chi connectivity index (χ4v) is 4.71. The second kappa shape index (κ2) is 5.67. The van der Waals surface area contributed by atoms with Crippen molar-refractivity contribution in [3.63, 3.8) is 0 Å². The third kappa shape index (κ3) is 4.56. The number of rotatable bonds is 4. The minimum Gasteiger partial charge on any atom is -0.318 e. The lowest BCUT2D eigenvalue weighted by Gasteiger charge is -2.36. The molecule has 17 heavy (non-hydrogen) atoms. The van der Waals surface area contributed by atoms with Crippen molar-refractivity contribution in [3.05, 3.63) is 0 Å². The monoisotopic (exact) mass is 262 g/mol. The van der Waals surface area contributed by atoms with E-state index in [2.05, 4.69) is 5.32 Å². The second-order valence-electron chi connectivity index (χ2n) is 6.13. The van der Waals surface area contributed by atoms with Crippen LogP contribution in [0.25, 0.3) is 0 Å². The number of nitrogens with zero attached hydrogens (tertiary/aromatic N) is 1. The van der Waals surface area contributed by atoms with E-state index in [4.69, 9.17) is 0 Å². The Hall–Kier alpha value is -0.130. The minimum absolute atomic E-state index is 0.140. The van der Waals surface area contributed by atoms with Crippen molar-refractivity contribution < 1.29 is 8.42 Å². The number of piperidine rings is 1. The molecule has 102 valence electrons. The maximum atomic E-state index is 12.4. The number of likely N-dealkylation sites (N-methyl/N-ethyl adjacent to an activating group) is 1. The SMILES string of the molecule is CNCC1CCCCN1S(=O)(=O)CC(C)(C)C. The van der Waals surface area contributed by atoms with Gasteiger partial charge in [0.2, 0.25) is 10.0 Å². The van der Waals surface area contributed by atoms with Crippen LogP contribution in [-0.4, -0.2) is 44.7 Å². The van der Waals surface area contributed by atoms with Gasteiger partial charge in [0.05, 0.1) is 5.75 Å². The molecule has 1 N–H and O–H groups in total. The normalized spacial score (nSPS) is 23.9. The largest absolute Gasteiger partial charge is 0.318 e. The molecule has 0 aromatic rings. The Labute approximate surface area is 106 Å². The number of hydrogen-bond donors (Lipinski definition) is 1.